The van der Waals surface area contributed by atoms with Crippen molar-refractivity contribution >= 4 is 28.3 Å². The highest BCUT2D eigenvalue weighted by molar-refractivity contribution is 7.15. The van der Waals surface area contributed by atoms with Crippen LogP contribution >= 0.6 is 11.3 Å². The minimum absolute atomic E-state index is 0.0137. The second-order valence-electron chi connectivity index (χ2n) is 10.3. The summed E-state index contributed by atoms with van der Waals surface area (Å²) in [6, 6.07) is 0. The van der Waals surface area contributed by atoms with Crippen molar-refractivity contribution in [1.82, 2.24) is 4.98 Å². The van der Waals surface area contributed by atoms with Gasteiger partial charge in [-0.05, 0) is 43.4 Å². The first-order chi connectivity index (χ1) is 14.7. The number of rotatable bonds is 5. The van der Waals surface area contributed by atoms with Crippen LogP contribution < -0.4 is 5.32 Å². The average Bonchev–Trinajstić information content (AvgIpc) is 3.15. The molecule has 8 heteroatoms. The minimum atomic E-state index is -0.879. The SMILES string of the molecule is CC1(CO)C(O)CCC2(C)C(CC(=O)O)c3nc(NC(=O)C4CCCCC4)sc3CC12. The minimum Gasteiger partial charge on any atom is -0.481 e. The molecule has 4 N–H and O–H groups in total. The number of amides is 1. The molecule has 7 nitrogen and oxygen atoms in total. The number of nitrogens with one attached hydrogen (secondary N) is 1. The number of aliphatic carboxylic acids is 1. The molecule has 0 bridgehead atoms. The summed E-state index contributed by atoms with van der Waals surface area (Å²) in [7, 11) is 0. The van der Waals surface area contributed by atoms with Crippen molar-refractivity contribution in [1.29, 1.82) is 0 Å². The van der Waals surface area contributed by atoms with Crippen molar-refractivity contribution in [3.8, 4) is 0 Å². The molecular weight excluding hydrogens is 416 g/mol. The van der Waals surface area contributed by atoms with Gasteiger partial charge in [0.05, 0.1) is 24.8 Å². The molecule has 172 valence electrons. The summed E-state index contributed by atoms with van der Waals surface area (Å²) in [5.74, 6) is -1.21. The zero-order chi connectivity index (χ0) is 22.4. The molecule has 1 heterocycles. The molecule has 1 aromatic rings. The monoisotopic (exact) mass is 450 g/mol. The lowest BCUT2D eigenvalue weighted by atomic mass is 9.47. The van der Waals surface area contributed by atoms with Crippen LogP contribution in [0.5, 0.6) is 0 Å². The standard InChI is InChI=1S/C23H34N2O5S/c1-22-9-8-17(27)23(2,12-26)16(22)11-15-19(14(22)10-18(28)29)24-21(31-15)25-20(30)13-6-4-3-5-7-13/h13-14,16-17,26-27H,3-12H2,1-2H3,(H,28,29)(H,24,25,30). The Morgan fingerprint density at radius 1 is 1.19 bits per heavy atom. The third-order valence-electron chi connectivity index (χ3n) is 8.48. The van der Waals surface area contributed by atoms with Crippen molar-refractivity contribution < 1.29 is 24.9 Å². The van der Waals surface area contributed by atoms with Crippen LogP contribution in [0.2, 0.25) is 0 Å². The van der Waals surface area contributed by atoms with Crippen LogP contribution in [0.4, 0.5) is 5.13 Å². The summed E-state index contributed by atoms with van der Waals surface area (Å²) in [4.78, 5) is 30.2. The summed E-state index contributed by atoms with van der Waals surface area (Å²) in [5, 5.41) is 34.1. The van der Waals surface area contributed by atoms with Crippen LogP contribution in [-0.2, 0) is 16.0 Å². The first-order valence-corrected chi connectivity index (χ1v) is 12.3. The highest BCUT2D eigenvalue weighted by atomic mass is 32.1. The molecule has 1 aromatic heterocycles. The highest BCUT2D eigenvalue weighted by Crippen LogP contribution is 2.62. The molecule has 2 fully saturated rings. The summed E-state index contributed by atoms with van der Waals surface area (Å²) in [6.45, 7) is 3.86. The Morgan fingerprint density at radius 3 is 2.55 bits per heavy atom. The molecule has 2 saturated carbocycles. The molecule has 0 spiro atoms. The number of hydrogen-bond acceptors (Lipinski definition) is 6. The molecular formula is C23H34N2O5S. The average molecular weight is 451 g/mol. The number of thiazole rings is 1. The van der Waals surface area contributed by atoms with E-state index in [2.05, 4.69) is 12.2 Å². The zero-order valence-electron chi connectivity index (χ0n) is 18.4. The summed E-state index contributed by atoms with van der Waals surface area (Å²) >= 11 is 1.43. The third-order valence-corrected chi connectivity index (χ3v) is 9.49. The van der Waals surface area contributed by atoms with Gasteiger partial charge >= 0.3 is 5.97 Å². The maximum atomic E-state index is 12.7. The highest BCUT2D eigenvalue weighted by Gasteiger charge is 2.59. The number of carbonyl (C=O) groups excluding carboxylic acids is 1. The Hall–Kier alpha value is -1.51. The molecule has 0 aromatic carbocycles. The maximum Gasteiger partial charge on any atom is 0.304 e. The van der Waals surface area contributed by atoms with Crippen LogP contribution in [0.25, 0.3) is 0 Å². The van der Waals surface area contributed by atoms with E-state index in [9.17, 15) is 24.9 Å². The van der Waals surface area contributed by atoms with Gasteiger partial charge in [-0.25, -0.2) is 4.98 Å². The fraction of sp³-hybridized carbons (Fsp3) is 0.783. The number of aliphatic hydroxyl groups is 2. The van der Waals surface area contributed by atoms with Gasteiger partial charge in [0.1, 0.15) is 0 Å². The maximum absolute atomic E-state index is 12.7. The van der Waals surface area contributed by atoms with Crippen LogP contribution in [0.3, 0.4) is 0 Å². The van der Waals surface area contributed by atoms with Gasteiger partial charge in [0.2, 0.25) is 5.91 Å². The quantitative estimate of drug-likeness (QED) is 0.545. The molecule has 4 rings (SSSR count). The van der Waals surface area contributed by atoms with E-state index in [1.807, 2.05) is 6.92 Å². The molecule has 5 atom stereocenters. The van der Waals surface area contributed by atoms with Crippen LogP contribution in [0, 0.1) is 22.7 Å². The predicted octanol–water partition coefficient (Wildman–Crippen LogP) is 3.55. The van der Waals surface area contributed by atoms with Crippen molar-refractivity contribution in [3.05, 3.63) is 10.6 Å². The normalized spacial score (nSPS) is 35.8. The Balaban J connectivity index is 1.67. The fourth-order valence-electron chi connectivity index (χ4n) is 6.45. The van der Waals surface area contributed by atoms with E-state index in [1.165, 1.54) is 17.8 Å². The first kappa shape index (κ1) is 22.7. The van der Waals surface area contributed by atoms with Gasteiger partial charge in [0.15, 0.2) is 5.13 Å². The van der Waals surface area contributed by atoms with E-state index in [0.717, 1.165) is 36.3 Å². The van der Waals surface area contributed by atoms with Gasteiger partial charge in [-0.3, -0.25) is 9.59 Å². The molecule has 0 radical (unpaired) electrons. The van der Waals surface area contributed by atoms with E-state index >= 15 is 0 Å². The van der Waals surface area contributed by atoms with Gasteiger partial charge in [-0.2, -0.15) is 0 Å². The number of aliphatic hydroxyl groups excluding tert-OH is 2. The lowest BCUT2D eigenvalue weighted by molar-refractivity contribution is -0.150. The molecule has 0 aliphatic heterocycles. The van der Waals surface area contributed by atoms with Crippen molar-refractivity contribution in [2.24, 2.45) is 22.7 Å². The third kappa shape index (κ3) is 3.91. The van der Waals surface area contributed by atoms with Crippen LogP contribution in [-0.4, -0.2) is 44.9 Å². The molecule has 31 heavy (non-hydrogen) atoms. The fourth-order valence-corrected chi connectivity index (χ4v) is 7.52. The van der Waals surface area contributed by atoms with Crippen LogP contribution in [0.15, 0.2) is 0 Å². The zero-order valence-corrected chi connectivity index (χ0v) is 19.2. The van der Waals surface area contributed by atoms with E-state index in [1.54, 1.807) is 0 Å². The van der Waals surface area contributed by atoms with Gasteiger partial charge < -0.3 is 20.6 Å². The van der Waals surface area contributed by atoms with E-state index in [4.69, 9.17) is 4.98 Å². The van der Waals surface area contributed by atoms with E-state index in [0.29, 0.717) is 24.4 Å². The Morgan fingerprint density at radius 2 is 1.90 bits per heavy atom. The summed E-state index contributed by atoms with van der Waals surface area (Å²) in [5.41, 5.74) is -0.306. The number of anilines is 1. The molecule has 3 aliphatic carbocycles. The number of carbonyl (C=O) groups is 2. The number of nitrogens with zero attached hydrogens (tertiary/aromatic N) is 1. The number of carboxylic acids is 1. The smallest absolute Gasteiger partial charge is 0.304 e. The molecule has 5 unspecified atom stereocenters. The lowest BCUT2D eigenvalue weighted by Gasteiger charge is -2.58. The Kier molecular flexibility index (Phi) is 6.18. The second kappa shape index (κ2) is 8.45. The first-order valence-electron chi connectivity index (χ1n) is 11.5. The Bertz CT molecular complexity index is 851. The lowest BCUT2D eigenvalue weighted by Crippen LogP contribution is -2.57. The van der Waals surface area contributed by atoms with E-state index < -0.39 is 17.5 Å². The second-order valence-corrected chi connectivity index (χ2v) is 11.4. The summed E-state index contributed by atoms with van der Waals surface area (Å²) in [6.07, 6.45) is 6.34. The van der Waals surface area contributed by atoms with Gasteiger partial charge in [-0.1, -0.05) is 33.1 Å². The number of carboxylic acid groups (broad SMARTS) is 1. The predicted molar refractivity (Wildman–Crippen MR) is 118 cm³/mol. The van der Waals surface area contributed by atoms with E-state index in [-0.39, 0.29) is 42.1 Å². The number of fused-ring (bicyclic) bond motifs is 2. The van der Waals surface area contributed by atoms with Gasteiger partial charge in [-0.15, -0.1) is 11.3 Å². The largest absolute Gasteiger partial charge is 0.481 e. The molecule has 3 aliphatic rings. The molecule has 1 amide bonds. The number of aromatic nitrogens is 1. The van der Waals surface area contributed by atoms with Crippen molar-refractivity contribution in [2.75, 3.05) is 11.9 Å². The Labute approximate surface area is 187 Å². The topological polar surface area (TPSA) is 120 Å². The summed E-state index contributed by atoms with van der Waals surface area (Å²) < 4.78 is 0. The van der Waals surface area contributed by atoms with Crippen molar-refractivity contribution in [3.63, 3.8) is 0 Å². The number of hydrogen-bond donors (Lipinski definition) is 4. The molecule has 0 saturated heterocycles. The van der Waals surface area contributed by atoms with Gasteiger partial charge in [0.25, 0.3) is 0 Å². The van der Waals surface area contributed by atoms with Crippen molar-refractivity contribution in [2.45, 2.75) is 83.7 Å². The van der Waals surface area contributed by atoms with Gasteiger partial charge in [0, 0.05) is 22.1 Å². The van der Waals surface area contributed by atoms with Crippen LogP contribution in [0.1, 0.15) is 81.7 Å².